The minimum absolute atomic E-state index is 0.0602. The molecule has 1 aromatic rings. The molecule has 8 heteroatoms. The largest absolute Gasteiger partial charge is 0.416 e. The Bertz CT molecular complexity index is 789. The first-order chi connectivity index (χ1) is 16.5. The van der Waals surface area contributed by atoms with Crippen LogP contribution in [0.15, 0.2) is 54.0 Å². The molecule has 2 N–H and O–H groups in total. The van der Waals surface area contributed by atoms with Crippen molar-refractivity contribution in [1.82, 2.24) is 4.31 Å². The molecule has 1 aromatic carbocycles. The molecule has 1 saturated heterocycles. The highest BCUT2D eigenvalue weighted by Crippen LogP contribution is 2.31. The van der Waals surface area contributed by atoms with E-state index in [-0.39, 0.29) is 17.4 Å². The third-order valence-corrected chi connectivity index (χ3v) is 6.75. The van der Waals surface area contributed by atoms with E-state index in [9.17, 15) is 22.2 Å². The number of amides is 1. The number of primary amides is 1. The molecule has 1 aliphatic heterocycles. The van der Waals surface area contributed by atoms with Gasteiger partial charge in [0.05, 0.1) is 10.5 Å². The number of allylic oxidation sites excluding steroid dienone is 2. The van der Waals surface area contributed by atoms with E-state index >= 15 is 0 Å². The van der Waals surface area contributed by atoms with E-state index in [2.05, 4.69) is 33.9 Å². The van der Waals surface area contributed by atoms with Crippen LogP contribution in [0.1, 0.15) is 90.5 Å². The van der Waals surface area contributed by atoms with Gasteiger partial charge in [0, 0.05) is 19.0 Å². The van der Waals surface area contributed by atoms with Gasteiger partial charge < -0.3 is 5.73 Å². The fourth-order valence-electron chi connectivity index (χ4n) is 2.84. The van der Waals surface area contributed by atoms with Crippen LogP contribution in [-0.4, -0.2) is 27.0 Å². The second-order valence-electron chi connectivity index (χ2n) is 8.56. The Balaban J connectivity index is 0.000000724. The Kier molecular flexibility index (Phi) is 17.3. The Hall–Kier alpha value is -1.93. The van der Waals surface area contributed by atoms with Gasteiger partial charge in [-0.25, -0.2) is 8.51 Å². The summed E-state index contributed by atoms with van der Waals surface area (Å²) < 4.78 is 52.4. The summed E-state index contributed by atoms with van der Waals surface area (Å²) in [7, 11) is -1.74. The summed E-state index contributed by atoms with van der Waals surface area (Å²) in [6, 6.07) is 4.19. The molecule has 0 radical (unpaired) electrons. The van der Waals surface area contributed by atoms with Crippen molar-refractivity contribution in [2.45, 2.75) is 102 Å². The number of nitrogens with zero attached hydrogens (tertiary/aromatic N) is 1. The van der Waals surface area contributed by atoms with Crippen LogP contribution in [0.2, 0.25) is 0 Å². The maximum atomic E-state index is 12.7. The van der Waals surface area contributed by atoms with Crippen LogP contribution in [0, 0.1) is 0 Å². The molecular weight excluding hydrogens is 473 g/mol. The average Bonchev–Trinajstić information content (AvgIpc) is 3.61. The Morgan fingerprint density at radius 3 is 2.17 bits per heavy atom. The van der Waals surface area contributed by atoms with E-state index in [0.717, 1.165) is 31.4 Å². The third kappa shape index (κ3) is 15.6. The normalized spacial score (nSPS) is 17.9. The molecular formula is C27H43F3N2O2S. The molecule has 2 aliphatic rings. The Morgan fingerprint density at radius 1 is 1.17 bits per heavy atom. The Morgan fingerprint density at radius 2 is 1.77 bits per heavy atom. The lowest BCUT2D eigenvalue weighted by Gasteiger charge is -2.33. The summed E-state index contributed by atoms with van der Waals surface area (Å²) in [5, 5.41) is 0. The van der Waals surface area contributed by atoms with Crippen molar-refractivity contribution in [3.63, 3.8) is 0 Å². The number of hydrogen-bond donors (Lipinski definition) is 1. The van der Waals surface area contributed by atoms with E-state index in [1.54, 1.807) is 4.31 Å². The van der Waals surface area contributed by atoms with Crippen molar-refractivity contribution in [3.05, 3.63) is 54.6 Å². The quantitative estimate of drug-likeness (QED) is 0.380. The number of piperidine rings is 1. The summed E-state index contributed by atoms with van der Waals surface area (Å²) in [5.41, 5.74) is 5.78. The summed E-state index contributed by atoms with van der Waals surface area (Å²) in [4.78, 5) is 11.2. The molecule has 0 bridgehead atoms. The molecule has 2 fully saturated rings. The van der Waals surface area contributed by atoms with E-state index in [1.165, 1.54) is 49.8 Å². The zero-order chi connectivity index (χ0) is 26.9. The standard InChI is InChI=1S/C14H17F3N2O2S.C5H10.C4H6.C4H10/c15-14(16,17)10-4-3-6-12(8-10)22(21)19-7-2-1-5-11(19)9-13(18)20;1-3-5-4-2;1-4-2-3-4;1-3-4-2/h3-4,6,8,11H,1-2,5,7,9H2,(H2,18,20);3H,1,4-5H2,2H3;1-3H2;3-4H2,1-2H3. The predicted octanol–water partition coefficient (Wildman–Crippen LogP) is 7.57. The first-order valence-electron chi connectivity index (χ1n) is 12.4. The minimum Gasteiger partial charge on any atom is -0.370 e. The van der Waals surface area contributed by atoms with E-state index < -0.39 is 28.6 Å². The maximum absolute atomic E-state index is 12.7. The fraction of sp³-hybridized carbons (Fsp3) is 0.593. The van der Waals surface area contributed by atoms with Crippen LogP contribution in [0.25, 0.3) is 0 Å². The number of carbonyl (C=O) groups is 1. The number of rotatable bonds is 7. The van der Waals surface area contributed by atoms with Crippen molar-refractivity contribution in [3.8, 4) is 0 Å². The lowest BCUT2D eigenvalue weighted by molar-refractivity contribution is -0.137. The lowest BCUT2D eigenvalue weighted by atomic mass is 10.0. The Labute approximate surface area is 212 Å². The van der Waals surface area contributed by atoms with Gasteiger partial charge in [0.25, 0.3) is 0 Å². The molecule has 2 unspecified atom stereocenters. The molecule has 1 aliphatic carbocycles. The van der Waals surface area contributed by atoms with Crippen molar-refractivity contribution < 1.29 is 22.2 Å². The van der Waals surface area contributed by atoms with Crippen molar-refractivity contribution in [2.75, 3.05) is 6.54 Å². The van der Waals surface area contributed by atoms with Gasteiger partial charge in [0.1, 0.15) is 11.0 Å². The molecule has 1 amide bonds. The monoisotopic (exact) mass is 516 g/mol. The van der Waals surface area contributed by atoms with Gasteiger partial charge in [0.15, 0.2) is 0 Å². The number of unbranched alkanes of at least 4 members (excludes halogenated alkanes) is 2. The van der Waals surface area contributed by atoms with Crippen LogP contribution in [0.3, 0.4) is 0 Å². The number of nitrogens with two attached hydrogens (primary N) is 1. The molecule has 4 nitrogen and oxygen atoms in total. The van der Waals surface area contributed by atoms with Gasteiger partial charge in [-0.05, 0) is 50.3 Å². The predicted molar refractivity (Wildman–Crippen MR) is 140 cm³/mol. The number of hydrogen-bond acceptors (Lipinski definition) is 2. The lowest BCUT2D eigenvalue weighted by Crippen LogP contribution is -2.42. The average molecular weight is 517 g/mol. The highest BCUT2D eigenvalue weighted by atomic mass is 32.2. The molecule has 0 aromatic heterocycles. The van der Waals surface area contributed by atoms with Crippen LogP contribution < -0.4 is 5.73 Å². The van der Waals surface area contributed by atoms with E-state index in [0.29, 0.717) is 13.0 Å². The smallest absolute Gasteiger partial charge is 0.370 e. The summed E-state index contributed by atoms with van der Waals surface area (Å²) >= 11 is 0. The molecule has 200 valence electrons. The summed E-state index contributed by atoms with van der Waals surface area (Å²) in [5.74, 6) is -0.502. The number of benzene rings is 1. The maximum Gasteiger partial charge on any atom is 0.416 e. The number of carbonyl (C=O) groups excluding carboxylic acids is 1. The van der Waals surface area contributed by atoms with Gasteiger partial charge in [-0.2, -0.15) is 13.2 Å². The van der Waals surface area contributed by atoms with Crippen LogP contribution in [-0.2, 0) is 22.0 Å². The molecule has 1 heterocycles. The van der Waals surface area contributed by atoms with Gasteiger partial charge in [-0.3, -0.25) is 4.79 Å². The van der Waals surface area contributed by atoms with Crippen molar-refractivity contribution >= 4 is 16.9 Å². The highest BCUT2D eigenvalue weighted by Gasteiger charge is 2.33. The van der Waals surface area contributed by atoms with Gasteiger partial charge >= 0.3 is 6.18 Å². The van der Waals surface area contributed by atoms with Crippen LogP contribution in [0.4, 0.5) is 13.2 Å². The molecule has 3 rings (SSSR count). The third-order valence-electron chi connectivity index (χ3n) is 5.18. The molecule has 2 atom stereocenters. The van der Waals surface area contributed by atoms with Crippen LogP contribution >= 0.6 is 0 Å². The summed E-state index contributed by atoms with van der Waals surface area (Å²) in [6.07, 6.45) is 7.45. The van der Waals surface area contributed by atoms with E-state index in [4.69, 9.17) is 5.73 Å². The van der Waals surface area contributed by atoms with Gasteiger partial charge in [-0.15, -0.1) is 6.58 Å². The van der Waals surface area contributed by atoms with Gasteiger partial charge in [0.2, 0.25) is 5.91 Å². The van der Waals surface area contributed by atoms with Crippen molar-refractivity contribution in [1.29, 1.82) is 0 Å². The minimum atomic E-state index is -4.48. The molecule has 35 heavy (non-hydrogen) atoms. The summed E-state index contributed by atoms with van der Waals surface area (Å²) in [6.45, 7) is 14.2. The topological polar surface area (TPSA) is 63.4 Å². The zero-order valence-electron chi connectivity index (χ0n) is 21.5. The van der Waals surface area contributed by atoms with Gasteiger partial charge in [-0.1, -0.05) is 70.7 Å². The fourth-order valence-corrected chi connectivity index (χ4v) is 4.28. The first-order valence-corrected chi connectivity index (χ1v) is 13.5. The molecule has 1 saturated carbocycles. The van der Waals surface area contributed by atoms with E-state index in [1.807, 2.05) is 6.08 Å². The number of alkyl halides is 3. The van der Waals surface area contributed by atoms with Crippen molar-refractivity contribution in [2.24, 2.45) is 5.73 Å². The SMILES string of the molecule is C=C1CC1.C=CCCC.CCCC.NC(=O)CC1CCCCN1S(=O)c1cccc(C(F)(F)F)c1. The molecule has 0 spiro atoms. The highest BCUT2D eigenvalue weighted by molar-refractivity contribution is 7.82. The second kappa shape index (κ2) is 18.4. The zero-order valence-corrected chi connectivity index (χ0v) is 22.4. The number of halogens is 3. The van der Waals surface area contributed by atoms with Crippen LogP contribution in [0.5, 0.6) is 0 Å². The second-order valence-corrected chi connectivity index (χ2v) is 10.0. The first kappa shape index (κ1) is 33.1.